The summed E-state index contributed by atoms with van der Waals surface area (Å²) < 4.78 is 0. The van der Waals surface area contributed by atoms with Gasteiger partial charge in [0, 0.05) is 29.1 Å². The first-order chi connectivity index (χ1) is 9.08. The number of hydrogen-bond acceptors (Lipinski definition) is 4. The number of nitro groups is 1. The summed E-state index contributed by atoms with van der Waals surface area (Å²) in [5, 5.41) is 13.6. The smallest absolute Gasteiger partial charge is 0.269 e. The second-order valence-corrected chi connectivity index (χ2v) is 4.03. The fraction of sp³-hybridized carbons (Fsp3) is 0.0714. The van der Waals surface area contributed by atoms with Crippen LogP contribution in [-0.4, -0.2) is 10.7 Å². The van der Waals surface area contributed by atoms with Gasteiger partial charge in [0.25, 0.3) is 5.69 Å². The Labute approximate surface area is 110 Å². The number of hydrogen-bond donors (Lipinski definition) is 1. The molecule has 2 aromatic rings. The molecule has 0 aliphatic carbocycles. The average molecular weight is 256 g/mol. The molecule has 19 heavy (non-hydrogen) atoms. The first kappa shape index (κ1) is 12.8. The van der Waals surface area contributed by atoms with Crippen LogP contribution in [0.3, 0.4) is 0 Å². The van der Waals surface area contributed by atoms with Crippen molar-refractivity contribution in [2.24, 2.45) is 0 Å². The standard InChI is InChI=1S/C14H12N2O3/c1-10(17)13-4-2-3-5-14(13)15-11-6-8-12(9-7-11)16(18)19/h2-9,15H,1H3. The van der Waals surface area contributed by atoms with E-state index in [1.54, 1.807) is 30.3 Å². The molecule has 2 aromatic carbocycles. The molecule has 0 aliphatic rings. The van der Waals surface area contributed by atoms with E-state index in [2.05, 4.69) is 5.32 Å². The highest BCUT2D eigenvalue weighted by molar-refractivity contribution is 6.00. The van der Waals surface area contributed by atoms with E-state index in [1.807, 2.05) is 6.07 Å². The minimum Gasteiger partial charge on any atom is -0.355 e. The highest BCUT2D eigenvalue weighted by Gasteiger charge is 2.08. The molecule has 1 N–H and O–H groups in total. The van der Waals surface area contributed by atoms with Gasteiger partial charge < -0.3 is 5.32 Å². The summed E-state index contributed by atoms with van der Waals surface area (Å²) in [5.74, 6) is -0.0370. The van der Waals surface area contributed by atoms with E-state index in [-0.39, 0.29) is 11.5 Å². The SMILES string of the molecule is CC(=O)c1ccccc1Nc1ccc([N+](=O)[O-])cc1. The number of nitrogens with one attached hydrogen (secondary N) is 1. The monoisotopic (exact) mass is 256 g/mol. The Morgan fingerprint density at radius 2 is 1.74 bits per heavy atom. The molecule has 0 spiro atoms. The number of rotatable bonds is 4. The average Bonchev–Trinajstić information content (AvgIpc) is 2.39. The number of Topliss-reactive ketones (excluding diaryl/α,β-unsaturated/α-hetero) is 1. The summed E-state index contributed by atoms with van der Waals surface area (Å²) in [6.45, 7) is 1.50. The van der Waals surface area contributed by atoms with E-state index in [9.17, 15) is 14.9 Å². The Morgan fingerprint density at radius 1 is 1.11 bits per heavy atom. The lowest BCUT2D eigenvalue weighted by atomic mass is 10.1. The van der Waals surface area contributed by atoms with Gasteiger partial charge in [0.2, 0.25) is 0 Å². The Morgan fingerprint density at radius 3 is 2.32 bits per heavy atom. The van der Waals surface area contributed by atoms with Gasteiger partial charge in [-0.15, -0.1) is 0 Å². The van der Waals surface area contributed by atoms with Crippen LogP contribution >= 0.6 is 0 Å². The topological polar surface area (TPSA) is 72.2 Å². The maximum absolute atomic E-state index is 11.5. The van der Waals surface area contributed by atoms with Crippen molar-refractivity contribution < 1.29 is 9.72 Å². The van der Waals surface area contributed by atoms with Gasteiger partial charge in [-0.3, -0.25) is 14.9 Å². The van der Waals surface area contributed by atoms with E-state index < -0.39 is 4.92 Å². The Balaban J connectivity index is 2.26. The van der Waals surface area contributed by atoms with Crippen molar-refractivity contribution in [1.29, 1.82) is 0 Å². The van der Waals surface area contributed by atoms with Crippen LogP contribution in [0.15, 0.2) is 48.5 Å². The van der Waals surface area contributed by atoms with Crippen molar-refractivity contribution in [2.75, 3.05) is 5.32 Å². The van der Waals surface area contributed by atoms with Crippen LogP contribution in [0.25, 0.3) is 0 Å². The van der Waals surface area contributed by atoms with Crippen molar-refractivity contribution in [3.63, 3.8) is 0 Å². The van der Waals surface area contributed by atoms with Crippen LogP contribution in [0, 0.1) is 10.1 Å². The largest absolute Gasteiger partial charge is 0.355 e. The quantitative estimate of drug-likeness (QED) is 0.516. The van der Waals surface area contributed by atoms with Crippen LogP contribution in [-0.2, 0) is 0 Å². The summed E-state index contributed by atoms with van der Waals surface area (Å²) in [6.07, 6.45) is 0. The lowest BCUT2D eigenvalue weighted by Crippen LogP contribution is -2.00. The highest BCUT2D eigenvalue weighted by Crippen LogP contribution is 2.23. The number of nitrogens with zero attached hydrogens (tertiary/aromatic N) is 1. The highest BCUT2D eigenvalue weighted by atomic mass is 16.6. The fourth-order valence-electron chi connectivity index (χ4n) is 1.72. The zero-order chi connectivity index (χ0) is 13.8. The summed E-state index contributed by atoms with van der Waals surface area (Å²) >= 11 is 0. The number of nitro benzene ring substituents is 1. The van der Waals surface area contributed by atoms with Crippen LogP contribution in [0.5, 0.6) is 0 Å². The lowest BCUT2D eigenvalue weighted by molar-refractivity contribution is -0.384. The van der Waals surface area contributed by atoms with Gasteiger partial charge in [-0.25, -0.2) is 0 Å². The maximum Gasteiger partial charge on any atom is 0.269 e. The van der Waals surface area contributed by atoms with Crippen molar-refractivity contribution in [3.8, 4) is 0 Å². The molecule has 0 atom stereocenters. The third-order valence-electron chi connectivity index (χ3n) is 2.66. The molecule has 0 amide bonds. The molecule has 0 unspecified atom stereocenters. The minimum atomic E-state index is -0.451. The molecule has 5 heteroatoms. The summed E-state index contributed by atoms with van der Waals surface area (Å²) in [6, 6.07) is 13.2. The van der Waals surface area contributed by atoms with Gasteiger partial charge in [-0.1, -0.05) is 12.1 Å². The van der Waals surface area contributed by atoms with Gasteiger partial charge in [-0.2, -0.15) is 0 Å². The van der Waals surface area contributed by atoms with Crippen LogP contribution in [0.2, 0.25) is 0 Å². The predicted octanol–water partition coefficient (Wildman–Crippen LogP) is 3.54. The molecule has 2 rings (SSSR count). The molecule has 0 saturated heterocycles. The van der Waals surface area contributed by atoms with Crippen LogP contribution in [0.4, 0.5) is 17.1 Å². The van der Waals surface area contributed by atoms with E-state index in [1.165, 1.54) is 19.1 Å². The first-order valence-corrected chi connectivity index (χ1v) is 5.69. The Kier molecular flexibility index (Phi) is 3.56. The number of carbonyl (C=O) groups excluding carboxylic acids is 1. The fourth-order valence-corrected chi connectivity index (χ4v) is 1.72. The number of benzene rings is 2. The molecule has 0 heterocycles. The normalized spacial score (nSPS) is 9.95. The van der Waals surface area contributed by atoms with Gasteiger partial charge in [0.1, 0.15) is 0 Å². The molecular formula is C14H12N2O3. The van der Waals surface area contributed by atoms with Gasteiger partial charge in [0.05, 0.1) is 4.92 Å². The number of carbonyl (C=O) groups is 1. The van der Waals surface area contributed by atoms with Gasteiger partial charge in [0.15, 0.2) is 5.78 Å². The minimum absolute atomic E-state index is 0.0328. The Bertz CT molecular complexity index is 621. The molecule has 0 bridgehead atoms. The first-order valence-electron chi connectivity index (χ1n) is 5.69. The molecule has 0 aromatic heterocycles. The predicted molar refractivity (Wildman–Crippen MR) is 72.8 cm³/mol. The van der Waals surface area contributed by atoms with E-state index >= 15 is 0 Å². The van der Waals surface area contributed by atoms with Gasteiger partial charge in [-0.05, 0) is 31.2 Å². The molecule has 5 nitrogen and oxygen atoms in total. The van der Waals surface area contributed by atoms with Gasteiger partial charge >= 0.3 is 0 Å². The van der Waals surface area contributed by atoms with E-state index in [0.29, 0.717) is 16.9 Å². The molecule has 0 fully saturated rings. The van der Waals surface area contributed by atoms with Crippen molar-refractivity contribution in [3.05, 3.63) is 64.2 Å². The zero-order valence-corrected chi connectivity index (χ0v) is 10.3. The van der Waals surface area contributed by atoms with E-state index in [0.717, 1.165) is 0 Å². The lowest BCUT2D eigenvalue weighted by Gasteiger charge is -2.09. The van der Waals surface area contributed by atoms with Crippen molar-refractivity contribution in [2.45, 2.75) is 6.92 Å². The molecular weight excluding hydrogens is 244 g/mol. The summed E-state index contributed by atoms with van der Waals surface area (Å²) in [5.41, 5.74) is 1.99. The third-order valence-corrected chi connectivity index (χ3v) is 2.66. The van der Waals surface area contributed by atoms with Crippen LogP contribution < -0.4 is 5.32 Å². The molecule has 96 valence electrons. The number of non-ortho nitro benzene ring substituents is 1. The second-order valence-electron chi connectivity index (χ2n) is 4.03. The summed E-state index contributed by atoms with van der Waals surface area (Å²) in [7, 11) is 0. The zero-order valence-electron chi connectivity index (χ0n) is 10.3. The van der Waals surface area contributed by atoms with E-state index in [4.69, 9.17) is 0 Å². The van der Waals surface area contributed by atoms with Crippen LogP contribution in [0.1, 0.15) is 17.3 Å². The Hall–Kier alpha value is -2.69. The summed E-state index contributed by atoms with van der Waals surface area (Å²) in [4.78, 5) is 21.6. The number of anilines is 2. The third kappa shape index (κ3) is 2.95. The number of para-hydroxylation sites is 1. The molecule has 0 aliphatic heterocycles. The molecule has 0 saturated carbocycles. The van der Waals surface area contributed by atoms with Crippen molar-refractivity contribution in [1.82, 2.24) is 0 Å². The number of ketones is 1. The van der Waals surface area contributed by atoms with Crippen molar-refractivity contribution >= 4 is 22.8 Å². The maximum atomic E-state index is 11.5. The molecule has 0 radical (unpaired) electrons. The second kappa shape index (κ2) is 5.30.